The molecule has 5 heteroatoms. The highest BCUT2D eigenvalue weighted by atomic mass is 16.2. The number of hydrogen-bond acceptors (Lipinski definition) is 3. The van der Waals surface area contributed by atoms with Gasteiger partial charge in [0.1, 0.15) is 0 Å². The van der Waals surface area contributed by atoms with Crippen LogP contribution in [0.5, 0.6) is 0 Å². The molecule has 1 heterocycles. The average Bonchev–Trinajstić information content (AvgIpc) is 2.68. The number of nitrogens with one attached hydrogen (secondary N) is 1. The van der Waals surface area contributed by atoms with Crippen LogP contribution in [0.1, 0.15) is 40.0 Å². The van der Waals surface area contributed by atoms with E-state index in [1.165, 1.54) is 0 Å². The number of rotatable bonds is 4. The maximum atomic E-state index is 12.7. The first kappa shape index (κ1) is 17.2. The Hall–Kier alpha value is -2.66. The third-order valence-electron chi connectivity index (χ3n) is 4.59. The molecular formula is C20H23N3O2. The molecule has 1 aliphatic heterocycles. The smallest absolute Gasteiger partial charge is 0.255 e. The van der Waals surface area contributed by atoms with Gasteiger partial charge in [-0.05, 0) is 55.7 Å². The molecule has 2 aromatic carbocycles. The first-order valence-corrected chi connectivity index (χ1v) is 8.66. The van der Waals surface area contributed by atoms with Crippen molar-refractivity contribution in [2.45, 2.75) is 25.3 Å². The van der Waals surface area contributed by atoms with Crippen LogP contribution in [0.15, 0.2) is 54.6 Å². The second kappa shape index (κ2) is 7.94. The number of nitrogens with two attached hydrogens (primary N) is 1. The van der Waals surface area contributed by atoms with Gasteiger partial charge in [-0.2, -0.15) is 0 Å². The number of piperidine rings is 1. The second-order valence-corrected chi connectivity index (χ2v) is 6.28. The molecule has 0 spiro atoms. The lowest BCUT2D eigenvalue weighted by Gasteiger charge is -2.35. The minimum atomic E-state index is -0.168. The topological polar surface area (TPSA) is 75.4 Å². The van der Waals surface area contributed by atoms with Gasteiger partial charge in [-0.3, -0.25) is 9.59 Å². The molecule has 2 amide bonds. The Morgan fingerprint density at radius 1 is 1.00 bits per heavy atom. The fourth-order valence-electron chi connectivity index (χ4n) is 3.17. The zero-order valence-corrected chi connectivity index (χ0v) is 14.2. The zero-order valence-electron chi connectivity index (χ0n) is 14.2. The van der Waals surface area contributed by atoms with Gasteiger partial charge in [0, 0.05) is 35.9 Å². The van der Waals surface area contributed by atoms with E-state index < -0.39 is 0 Å². The summed E-state index contributed by atoms with van der Waals surface area (Å²) in [7, 11) is 0. The Labute approximate surface area is 147 Å². The number of benzene rings is 2. The van der Waals surface area contributed by atoms with Crippen molar-refractivity contribution in [2.75, 3.05) is 18.4 Å². The fourth-order valence-corrected chi connectivity index (χ4v) is 3.17. The average molecular weight is 337 g/mol. The highest BCUT2D eigenvalue weighted by Crippen LogP contribution is 2.20. The molecule has 1 saturated heterocycles. The van der Waals surface area contributed by atoms with Gasteiger partial charge in [0.05, 0.1) is 0 Å². The first-order chi connectivity index (χ1) is 12.2. The first-order valence-electron chi connectivity index (χ1n) is 8.66. The van der Waals surface area contributed by atoms with Crippen LogP contribution in [0, 0.1) is 0 Å². The van der Waals surface area contributed by atoms with Crippen LogP contribution in [0.25, 0.3) is 0 Å². The molecule has 3 N–H and O–H groups in total. The molecule has 2 aromatic rings. The van der Waals surface area contributed by atoms with Crippen molar-refractivity contribution in [1.29, 1.82) is 0 Å². The molecule has 0 aromatic heterocycles. The molecule has 3 rings (SSSR count). The van der Waals surface area contributed by atoms with E-state index in [1.54, 1.807) is 36.4 Å². The molecule has 5 nitrogen and oxygen atoms in total. The Morgan fingerprint density at radius 2 is 1.72 bits per heavy atom. The van der Waals surface area contributed by atoms with E-state index in [4.69, 9.17) is 5.73 Å². The van der Waals surface area contributed by atoms with Crippen LogP contribution in [0.2, 0.25) is 0 Å². The number of carbonyl (C=O) groups excluding carboxylic acids is 2. The summed E-state index contributed by atoms with van der Waals surface area (Å²) in [4.78, 5) is 26.7. The van der Waals surface area contributed by atoms with E-state index in [2.05, 4.69) is 5.32 Å². The Balaban J connectivity index is 1.67. The Kier molecular flexibility index (Phi) is 5.46. The summed E-state index contributed by atoms with van der Waals surface area (Å²) in [6, 6.07) is 16.2. The summed E-state index contributed by atoms with van der Waals surface area (Å²) in [6.07, 6.45) is 3.11. The third-order valence-corrected chi connectivity index (χ3v) is 4.59. The van der Waals surface area contributed by atoms with Crippen molar-refractivity contribution >= 4 is 17.5 Å². The maximum absolute atomic E-state index is 12.7. The number of likely N-dealkylation sites (tertiary alicyclic amines) is 1. The van der Waals surface area contributed by atoms with Crippen LogP contribution in [-0.2, 0) is 0 Å². The van der Waals surface area contributed by atoms with Gasteiger partial charge < -0.3 is 16.0 Å². The number of hydrogen-bond donors (Lipinski definition) is 2. The van der Waals surface area contributed by atoms with E-state index in [-0.39, 0.29) is 17.9 Å². The van der Waals surface area contributed by atoms with E-state index in [0.717, 1.165) is 25.8 Å². The van der Waals surface area contributed by atoms with Gasteiger partial charge in [-0.1, -0.05) is 18.2 Å². The molecule has 1 unspecified atom stereocenters. The van der Waals surface area contributed by atoms with E-state index in [1.807, 2.05) is 23.1 Å². The number of nitrogens with zero attached hydrogens (tertiary/aromatic N) is 1. The molecule has 130 valence electrons. The zero-order chi connectivity index (χ0) is 17.6. The molecule has 0 bridgehead atoms. The molecule has 0 aliphatic carbocycles. The monoisotopic (exact) mass is 337 g/mol. The molecule has 1 aliphatic rings. The van der Waals surface area contributed by atoms with Crippen molar-refractivity contribution in [2.24, 2.45) is 5.73 Å². The van der Waals surface area contributed by atoms with Gasteiger partial charge >= 0.3 is 0 Å². The minimum absolute atomic E-state index is 0.0103. The molecule has 0 saturated carbocycles. The third kappa shape index (κ3) is 4.06. The predicted molar refractivity (Wildman–Crippen MR) is 98.6 cm³/mol. The minimum Gasteiger partial charge on any atom is -0.334 e. The summed E-state index contributed by atoms with van der Waals surface area (Å²) in [5, 5.41) is 2.84. The van der Waals surface area contributed by atoms with Crippen molar-refractivity contribution < 1.29 is 9.59 Å². The Morgan fingerprint density at radius 3 is 2.40 bits per heavy atom. The van der Waals surface area contributed by atoms with Crippen LogP contribution in [0.3, 0.4) is 0 Å². The van der Waals surface area contributed by atoms with Gasteiger partial charge in [0.15, 0.2) is 0 Å². The molecule has 1 fully saturated rings. The largest absolute Gasteiger partial charge is 0.334 e. The summed E-state index contributed by atoms with van der Waals surface area (Å²) in [5.41, 5.74) is 7.69. The van der Waals surface area contributed by atoms with Gasteiger partial charge in [-0.25, -0.2) is 0 Å². The lowest BCUT2D eigenvalue weighted by atomic mass is 10.0. The summed E-state index contributed by atoms with van der Waals surface area (Å²) in [5.74, 6) is -0.157. The summed E-state index contributed by atoms with van der Waals surface area (Å²) in [6.45, 7) is 1.25. The molecule has 0 radical (unpaired) electrons. The molecule has 1 atom stereocenters. The SMILES string of the molecule is NCC1CCCCN1C(=O)c1ccc(NC(=O)c2ccccc2)cc1. The number of amides is 2. The molecular weight excluding hydrogens is 314 g/mol. The van der Waals surface area contributed by atoms with Crippen molar-refractivity contribution in [3.05, 3.63) is 65.7 Å². The van der Waals surface area contributed by atoms with Crippen LogP contribution in [0.4, 0.5) is 5.69 Å². The van der Waals surface area contributed by atoms with Gasteiger partial charge in [-0.15, -0.1) is 0 Å². The van der Waals surface area contributed by atoms with Crippen molar-refractivity contribution in [3.63, 3.8) is 0 Å². The quantitative estimate of drug-likeness (QED) is 0.901. The van der Waals surface area contributed by atoms with Crippen molar-refractivity contribution in [1.82, 2.24) is 4.90 Å². The lowest BCUT2D eigenvalue weighted by molar-refractivity contribution is 0.0623. The summed E-state index contributed by atoms with van der Waals surface area (Å²) >= 11 is 0. The van der Waals surface area contributed by atoms with E-state index in [0.29, 0.717) is 23.4 Å². The molecule has 25 heavy (non-hydrogen) atoms. The normalized spacial score (nSPS) is 17.2. The van der Waals surface area contributed by atoms with Crippen molar-refractivity contribution in [3.8, 4) is 0 Å². The number of anilines is 1. The fraction of sp³-hybridized carbons (Fsp3) is 0.300. The lowest BCUT2D eigenvalue weighted by Crippen LogP contribution is -2.47. The highest BCUT2D eigenvalue weighted by Gasteiger charge is 2.26. The van der Waals surface area contributed by atoms with E-state index >= 15 is 0 Å². The summed E-state index contributed by atoms with van der Waals surface area (Å²) < 4.78 is 0. The van der Waals surface area contributed by atoms with Crippen LogP contribution >= 0.6 is 0 Å². The van der Waals surface area contributed by atoms with Crippen LogP contribution in [-0.4, -0.2) is 35.8 Å². The predicted octanol–water partition coefficient (Wildman–Crippen LogP) is 2.89. The van der Waals surface area contributed by atoms with Crippen LogP contribution < -0.4 is 11.1 Å². The maximum Gasteiger partial charge on any atom is 0.255 e. The standard InChI is InChI=1S/C20H23N3O2/c21-14-18-8-4-5-13-23(18)20(25)16-9-11-17(12-10-16)22-19(24)15-6-2-1-3-7-15/h1-3,6-7,9-12,18H,4-5,8,13-14,21H2,(H,22,24). The Bertz CT molecular complexity index is 728. The second-order valence-electron chi connectivity index (χ2n) is 6.28. The highest BCUT2D eigenvalue weighted by molar-refractivity contribution is 6.04. The van der Waals surface area contributed by atoms with Gasteiger partial charge in [0.25, 0.3) is 11.8 Å². The number of carbonyl (C=O) groups is 2. The van der Waals surface area contributed by atoms with E-state index in [9.17, 15) is 9.59 Å². The van der Waals surface area contributed by atoms with Gasteiger partial charge in [0.2, 0.25) is 0 Å².